The standard InChI is InChI=1S/C16H13F2N3OS/c1-22-15-7-2-10(8-13(15)18)14-9-23-16(21-20-14)19-12-5-3-11(17)4-6-12/h2-8H,9H2,1H3,(H,19,21). The Bertz CT molecular complexity index is 775. The van der Waals surface area contributed by atoms with Crippen molar-refractivity contribution in [2.75, 3.05) is 12.9 Å². The maximum absolute atomic E-state index is 13.7. The highest BCUT2D eigenvalue weighted by atomic mass is 32.2. The Labute approximate surface area is 136 Å². The molecule has 1 aliphatic heterocycles. The number of nitrogens with one attached hydrogen (secondary N) is 1. The minimum absolute atomic E-state index is 0.198. The molecule has 118 valence electrons. The molecule has 7 heteroatoms. The van der Waals surface area contributed by atoms with Crippen molar-refractivity contribution in [1.29, 1.82) is 0 Å². The third-order valence-corrected chi connectivity index (χ3v) is 4.05. The van der Waals surface area contributed by atoms with E-state index in [-0.39, 0.29) is 11.6 Å². The fourth-order valence-electron chi connectivity index (χ4n) is 2.00. The molecule has 0 spiro atoms. The fraction of sp³-hybridized carbons (Fsp3) is 0.125. The highest BCUT2D eigenvalue weighted by molar-refractivity contribution is 8.14. The lowest BCUT2D eigenvalue weighted by Crippen LogP contribution is -2.25. The van der Waals surface area contributed by atoms with E-state index >= 15 is 0 Å². The van der Waals surface area contributed by atoms with Crippen molar-refractivity contribution in [3.63, 3.8) is 0 Å². The number of nitrogens with zero attached hydrogens (tertiary/aromatic N) is 2. The van der Waals surface area contributed by atoms with Crippen LogP contribution in [0, 0.1) is 11.6 Å². The predicted molar refractivity (Wildman–Crippen MR) is 88.6 cm³/mol. The van der Waals surface area contributed by atoms with E-state index in [9.17, 15) is 8.78 Å². The van der Waals surface area contributed by atoms with E-state index in [4.69, 9.17) is 4.74 Å². The van der Waals surface area contributed by atoms with Crippen LogP contribution in [0.2, 0.25) is 0 Å². The molecular formula is C16H13F2N3OS. The molecule has 0 unspecified atom stereocenters. The number of aliphatic imine (C=N–C) groups is 1. The monoisotopic (exact) mass is 333 g/mol. The van der Waals surface area contributed by atoms with Crippen molar-refractivity contribution in [2.45, 2.75) is 0 Å². The number of hydrogen-bond acceptors (Lipinski definition) is 4. The quantitative estimate of drug-likeness (QED) is 0.931. The lowest BCUT2D eigenvalue weighted by molar-refractivity contribution is 0.386. The average molecular weight is 333 g/mol. The van der Waals surface area contributed by atoms with Gasteiger partial charge in [0.25, 0.3) is 0 Å². The first-order valence-corrected chi connectivity index (χ1v) is 7.78. The van der Waals surface area contributed by atoms with Gasteiger partial charge in [-0.25, -0.2) is 13.8 Å². The fourth-order valence-corrected chi connectivity index (χ4v) is 2.79. The minimum Gasteiger partial charge on any atom is -0.494 e. The highest BCUT2D eigenvalue weighted by Gasteiger charge is 2.15. The zero-order valence-electron chi connectivity index (χ0n) is 12.2. The molecular weight excluding hydrogens is 320 g/mol. The van der Waals surface area contributed by atoms with Crippen LogP contribution in [0.1, 0.15) is 5.56 Å². The smallest absolute Gasteiger partial charge is 0.182 e. The van der Waals surface area contributed by atoms with Crippen LogP contribution >= 0.6 is 11.8 Å². The molecule has 0 aliphatic carbocycles. The summed E-state index contributed by atoms with van der Waals surface area (Å²) in [6.45, 7) is 0. The lowest BCUT2D eigenvalue weighted by atomic mass is 10.1. The average Bonchev–Trinajstić information content (AvgIpc) is 2.57. The van der Waals surface area contributed by atoms with E-state index in [1.165, 1.54) is 37.1 Å². The predicted octanol–water partition coefficient (Wildman–Crippen LogP) is 3.70. The molecule has 0 aromatic heterocycles. The molecule has 1 aliphatic rings. The number of benzene rings is 2. The number of hydrogen-bond donors (Lipinski definition) is 1. The van der Waals surface area contributed by atoms with Crippen LogP contribution in [0.25, 0.3) is 0 Å². The molecule has 2 aromatic carbocycles. The summed E-state index contributed by atoms with van der Waals surface area (Å²) in [5.41, 5.74) is 4.87. The molecule has 0 amide bonds. The summed E-state index contributed by atoms with van der Waals surface area (Å²) < 4.78 is 31.5. The van der Waals surface area contributed by atoms with E-state index in [0.717, 1.165) is 5.71 Å². The number of hydrazone groups is 1. The molecule has 2 aromatic rings. The van der Waals surface area contributed by atoms with Gasteiger partial charge in [-0.2, -0.15) is 5.10 Å². The van der Waals surface area contributed by atoms with Crippen LogP contribution in [0.4, 0.5) is 14.5 Å². The molecule has 4 nitrogen and oxygen atoms in total. The second-order valence-electron chi connectivity index (χ2n) is 4.70. The van der Waals surface area contributed by atoms with Gasteiger partial charge >= 0.3 is 0 Å². The van der Waals surface area contributed by atoms with E-state index < -0.39 is 5.82 Å². The van der Waals surface area contributed by atoms with Gasteiger partial charge in [-0.05, 0) is 42.5 Å². The summed E-state index contributed by atoms with van der Waals surface area (Å²) in [6.07, 6.45) is 0. The molecule has 0 radical (unpaired) electrons. The van der Waals surface area contributed by atoms with Crippen LogP contribution in [0.5, 0.6) is 5.75 Å². The highest BCUT2D eigenvalue weighted by Crippen LogP contribution is 2.22. The van der Waals surface area contributed by atoms with E-state index in [0.29, 0.717) is 22.2 Å². The van der Waals surface area contributed by atoms with Gasteiger partial charge in [0.05, 0.1) is 18.5 Å². The van der Waals surface area contributed by atoms with Crippen molar-refractivity contribution >= 4 is 28.3 Å². The largest absolute Gasteiger partial charge is 0.494 e. The van der Waals surface area contributed by atoms with E-state index in [1.54, 1.807) is 24.3 Å². The summed E-state index contributed by atoms with van der Waals surface area (Å²) >= 11 is 1.44. The third kappa shape index (κ3) is 3.68. The molecule has 0 saturated heterocycles. The van der Waals surface area contributed by atoms with Crippen LogP contribution < -0.4 is 10.2 Å². The number of halogens is 2. The van der Waals surface area contributed by atoms with Crippen LogP contribution in [-0.4, -0.2) is 23.7 Å². The van der Waals surface area contributed by atoms with Crippen LogP contribution in [0.3, 0.4) is 0 Å². The zero-order valence-corrected chi connectivity index (χ0v) is 13.0. The summed E-state index contributed by atoms with van der Waals surface area (Å²) in [5.74, 6) is 0.0200. The van der Waals surface area contributed by atoms with Gasteiger partial charge in [-0.15, -0.1) is 0 Å². The summed E-state index contributed by atoms with van der Waals surface area (Å²) in [7, 11) is 1.42. The Hall–Kier alpha value is -2.41. The zero-order chi connectivity index (χ0) is 16.2. The van der Waals surface area contributed by atoms with Crippen molar-refractivity contribution < 1.29 is 13.5 Å². The summed E-state index contributed by atoms with van der Waals surface area (Å²) in [6, 6.07) is 10.6. The Kier molecular flexibility index (Phi) is 4.57. The van der Waals surface area contributed by atoms with Crippen molar-refractivity contribution in [3.8, 4) is 5.75 Å². The molecule has 23 heavy (non-hydrogen) atoms. The first-order valence-electron chi connectivity index (χ1n) is 6.79. The van der Waals surface area contributed by atoms with E-state index in [1.807, 2.05) is 0 Å². The molecule has 1 N–H and O–H groups in total. The number of thioether (sulfide) groups is 1. The second kappa shape index (κ2) is 6.78. The molecule has 1 heterocycles. The molecule has 3 rings (SSSR count). The third-order valence-electron chi connectivity index (χ3n) is 3.17. The molecule has 0 bridgehead atoms. The first-order chi connectivity index (χ1) is 11.2. The maximum Gasteiger partial charge on any atom is 0.182 e. The van der Waals surface area contributed by atoms with Gasteiger partial charge < -0.3 is 4.74 Å². The van der Waals surface area contributed by atoms with Crippen molar-refractivity contribution in [1.82, 2.24) is 5.43 Å². The Morgan fingerprint density at radius 2 is 1.96 bits per heavy atom. The number of ether oxygens (including phenoxy) is 1. The molecule has 0 atom stereocenters. The Balaban J connectivity index is 1.75. The van der Waals surface area contributed by atoms with Gasteiger partial charge in [0.2, 0.25) is 0 Å². The van der Waals surface area contributed by atoms with Gasteiger partial charge in [0.1, 0.15) is 5.82 Å². The molecule has 0 saturated carbocycles. The topological polar surface area (TPSA) is 46.0 Å². The lowest BCUT2D eigenvalue weighted by Gasteiger charge is -2.15. The van der Waals surface area contributed by atoms with Gasteiger partial charge in [0.15, 0.2) is 16.7 Å². The SMILES string of the molecule is COc1ccc(C2=NNC(=Nc3ccc(F)cc3)SC2)cc1F. The summed E-state index contributed by atoms with van der Waals surface area (Å²) in [4.78, 5) is 4.33. The molecule has 0 fully saturated rings. The first kappa shape index (κ1) is 15.5. The van der Waals surface area contributed by atoms with Crippen LogP contribution in [0.15, 0.2) is 52.6 Å². The normalized spacial score (nSPS) is 16.0. The van der Waals surface area contributed by atoms with E-state index in [2.05, 4.69) is 15.5 Å². The number of methoxy groups -OCH3 is 1. The van der Waals surface area contributed by atoms with Gasteiger partial charge in [0, 0.05) is 11.3 Å². The van der Waals surface area contributed by atoms with Crippen molar-refractivity contribution in [3.05, 3.63) is 59.7 Å². The Morgan fingerprint density at radius 3 is 2.57 bits per heavy atom. The number of rotatable bonds is 3. The Morgan fingerprint density at radius 1 is 1.17 bits per heavy atom. The van der Waals surface area contributed by atoms with Crippen LogP contribution in [-0.2, 0) is 0 Å². The second-order valence-corrected chi connectivity index (χ2v) is 5.67. The summed E-state index contributed by atoms with van der Waals surface area (Å²) in [5, 5.41) is 4.83. The number of amidine groups is 1. The van der Waals surface area contributed by atoms with Gasteiger partial charge in [-0.3, -0.25) is 5.43 Å². The minimum atomic E-state index is -0.427. The maximum atomic E-state index is 13.7. The van der Waals surface area contributed by atoms with Gasteiger partial charge in [-0.1, -0.05) is 11.8 Å². The van der Waals surface area contributed by atoms with Crippen molar-refractivity contribution in [2.24, 2.45) is 10.1 Å².